The summed E-state index contributed by atoms with van der Waals surface area (Å²) in [6, 6.07) is 17.4. The van der Waals surface area contributed by atoms with Gasteiger partial charge in [0.25, 0.3) is 0 Å². The Morgan fingerprint density at radius 1 is 1.00 bits per heavy atom. The van der Waals surface area contributed by atoms with E-state index in [4.69, 9.17) is 16.3 Å². The number of anilines is 2. The summed E-state index contributed by atoms with van der Waals surface area (Å²) in [7, 11) is 1.69. The minimum absolute atomic E-state index is 0.259. The van der Waals surface area contributed by atoms with Crippen molar-refractivity contribution in [3.63, 3.8) is 0 Å². The third-order valence-corrected chi connectivity index (χ3v) is 3.87. The SMILES string of the molecule is Cc1ccc(Oc2ccc(N(C)C(=O)Nc3ccc(Cl)cc3)cc2)nn1. The summed E-state index contributed by atoms with van der Waals surface area (Å²) < 4.78 is 5.63. The van der Waals surface area contributed by atoms with Crippen molar-refractivity contribution in [3.05, 3.63) is 71.4 Å². The molecular weight excluding hydrogens is 352 g/mol. The minimum atomic E-state index is -0.259. The van der Waals surface area contributed by atoms with Crippen LogP contribution >= 0.6 is 11.6 Å². The summed E-state index contributed by atoms with van der Waals surface area (Å²) in [6.07, 6.45) is 0. The Hall–Kier alpha value is -3.12. The molecule has 0 fully saturated rings. The van der Waals surface area contributed by atoms with Crippen molar-refractivity contribution in [1.29, 1.82) is 0 Å². The number of aromatic nitrogens is 2. The van der Waals surface area contributed by atoms with Crippen LogP contribution in [0.2, 0.25) is 5.02 Å². The molecule has 3 aromatic rings. The van der Waals surface area contributed by atoms with E-state index >= 15 is 0 Å². The molecule has 0 spiro atoms. The highest BCUT2D eigenvalue weighted by atomic mass is 35.5. The Balaban J connectivity index is 1.64. The number of benzene rings is 2. The summed E-state index contributed by atoms with van der Waals surface area (Å²) >= 11 is 5.84. The fraction of sp³-hybridized carbons (Fsp3) is 0.105. The molecule has 2 aromatic carbocycles. The summed E-state index contributed by atoms with van der Waals surface area (Å²) in [5, 5.41) is 11.3. The zero-order chi connectivity index (χ0) is 18.5. The highest BCUT2D eigenvalue weighted by Crippen LogP contribution is 2.23. The van der Waals surface area contributed by atoms with Crippen molar-refractivity contribution in [3.8, 4) is 11.6 Å². The number of amides is 2. The molecule has 0 atom stereocenters. The van der Waals surface area contributed by atoms with Crippen LogP contribution in [0.25, 0.3) is 0 Å². The summed E-state index contributed by atoms with van der Waals surface area (Å²) in [5.74, 6) is 1.02. The van der Waals surface area contributed by atoms with Gasteiger partial charge in [-0.2, -0.15) is 5.10 Å². The maximum Gasteiger partial charge on any atom is 0.326 e. The standard InChI is InChI=1S/C19H17ClN4O2/c1-13-3-12-18(23-22-13)26-17-10-8-16(9-11-17)24(2)19(25)21-15-6-4-14(20)5-7-15/h3-12H,1-2H3,(H,21,25). The number of ether oxygens (including phenoxy) is 1. The van der Waals surface area contributed by atoms with Crippen LogP contribution < -0.4 is 15.0 Å². The summed E-state index contributed by atoms with van der Waals surface area (Å²) in [5.41, 5.74) is 2.21. The highest BCUT2D eigenvalue weighted by Gasteiger charge is 2.11. The Kier molecular flexibility index (Phi) is 5.34. The van der Waals surface area contributed by atoms with Gasteiger partial charge in [-0.15, -0.1) is 5.10 Å². The molecule has 0 saturated carbocycles. The van der Waals surface area contributed by atoms with Gasteiger partial charge in [0.05, 0.1) is 5.69 Å². The second-order valence-corrected chi connectivity index (χ2v) is 6.04. The average molecular weight is 369 g/mol. The Morgan fingerprint density at radius 2 is 1.69 bits per heavy atom. The van der Waals surface area contributed by atoms with Crippen molar-refractivity contribution in [2.45, 2.75) is 6.92 Å². The van der Waals surface area contributed by atoms with Gasteiger partial charge in [0.15, 0.2) is 0 Å². The van der Waals surface area contributed by atoms with E-state index in [2.05, 4.69) is 15.5 Å². The molecule has 0 aliphatic heterocycles. The van der Waals surface area contributed by atoms with E-state index in [0.29, 0.717) is 22.3 Å². The van der Waals surface area contributed by atoms with Gasteiger partial charge in [0.2, 0.25) is 5.88 Å². The molecule has 6 nitrogen and oxygen atoms in total. The van der Waals surface area contributed by atoms with Crippen LogP contribution in [0.3, 0.4) is 0 Å². The maximum absolute atomic E-state index is 12.3. The van der Waals surface area contributed by atoms with E-state index in [9.17, 15) is 4.79 Å². The van der Waals surface area contributed by atoms with Gasteiger partial charge in [-0.25, -0.2) is 4.79 Å². The number of urea groups is 1. The third kappa shape index (κ3) is 4.49. The second-order valence-electron chi connectivity index (χ2n) is 5.60. The molecule has 7 heteroatoms. The normalized spacial score (nSPS) is 10.3. The number of nitrogens with one attached hydrogen (secondary N) is 1. The molecule has 3 rings (SSSR count). The molecule has 0 aliphatic rings. The topological polar surface area (TPSA) is 67.3 Å². The maximum atomic E-state index is 12.3. The highest BCUT2D eigenvalue weighted by molar-refractivity contribution is 6.30. The first-order valence-electron chi connectivity index (χ1n) is 7.90. The fourth-order valence-electron chi connectivity index (χ4n) is 2.16. The van der Waals surface area contributed by atoms with Crippen molar-refractivity contribution in [2.75, 3.05) is 17.3 Å². The number of carbonyl (C=O) groups excluding carboxylic acids is 1. The minimum Gasteiger partial charge on any atom is -0.438 e. The van der Waals surface area contributed by atoms with Crippen LogP contribution in [0.5, 0.6) is 11.6 Å². The number of halogens is 1. The zero-order valence-electron chi connectivity index (χ0n) is 14.3. The van der Waals surface area contributed by atoms with E-state index in [1.807, 2.05) is 13.0 Å². The molecule has 0 aliphatic carbocycles. The molecule has 0 radical (unpaired) electrons. The first-order chi connectivity index (χ1) is 12.5. The third-order valence-electron chi connectivity index (χ3n) is 3.62. The van der Waals surface area contributed by atoms with E-state index in [-0.39, 0.29) is 6.03 Å². The lowest BCUT2D eigenvalue weighted by Gasteiger charge is -2.18. The van der Waals surface area contributed by atoms with Crippen molar-refractivity contribution in [1.82, 2.24) is 10.2 Å². The molecule has 1 N–H and O–H groups in total. The van der Waals surface area contributed by atoms with Gasteiger partial charge >= 0.3 is 6.03 Å². The largest absolute Gasteiger partial charge is 0.438 e. The van der Waals surface area contributed by atoms with Crippen molar-refractivity contribution in [2.24, 2.45) is 0 Å². The van der Waals surface area contributed by atoms with E-state index in [1.165, 1.54) is 4.90 Å². The predicted octanol–water partition coefficient (Wildman–Crippen LogP) is 4.90. The number of hydrogen-bond acceptors (Lipinski definition) is 4. The van der Waals surface area contributed by atoms with Gasteiger partial charge in [0.1, 0.15) is 5.75 Å². The first kappa shape index (κ1) is 17.7. The molecular formula is C19H17ClN4O2. The van der Waals surface area contributed by atoms with Crippen LogP contribution in [0.15, 0.2) is 60.7 Å². The van der Waals surface area contributed by atoms with Crippen molar-refractivity contribution >= 4 is 29.0 Å². The van der Waals surface area contributed by atoms with Crippen LogP contribution in [0.1, 0.15) is 5.69 Å². The molecule has 0 bridgehead atoms. The monoisotopic (exact) mass is 368 g/mol. The number of nitrogens with zero attached hydrogens (tertiary/aromatic N) is 3. The lowest BCUT2D eigenvalue weighted by Crippen LogP contribution is -2.31. The quantitative estimate of drug-likeness (QED) is 0.711. The van der Waals surface area contributed by atoms with Crippen molar-refractivity contribution < 1.29 is 9.53 Å². The molecule has 0 unspecified atom stereocenters. The Bertz CT molecular complexity index is 881. The second kappa shape index (κ2) is 7.84. The van der Waals surface area contributed by atoms with Crippen LogP contribution in [0, 0.1) is 6.92 Å². The van der Waals surface area contributed by atoms with Gasteiger partial charge < -0.3 is 10.1 Å². The van der Waals surface area contributed by atoms with Crippen LogP contribution in [-0.2, 0) is 0 Å². The van der Waals surface area contributed by atoms with E-state index in [1.54, 1.807) is 61.6 Å². The lowest BCUT2D eigenvalue weighted by atomic mass is 10.3. The summed E-state index contributed by atoms with van der Waals surface area (Å²) in [4.78, 5) is 13.8. The van der Waals surface area contributed by atoms with Gasteiger partial charge in [-0.05, 0) is 61.5 Å². The molecule has 1 aromatic heterocycles. The van der Waals surface area contributed by atoms with E-state index in [0.717, 1.165) is 11.4 Å². The van der Waals surface area contributed by atoms with Gasteiger partial charge in [0, 0.05) is 29.5 Å². The van der Waals surface area contributed by atoms with E-state index < -0.39 is 0 Å². The number of aryl methyl sites for hydroxylation is 1. The first-order valence-corrected chi connectivity index (χ1v) is 8.27. The van der Waals surface area contributed by atoms with Gasteiger partial charge in [-0.1, -0.05) is 11.6 Å². The Morgan fingerprint density at radius 3 is 2.31 bits per heavy atom. The fourth-order valence-corrected chi connectivity index (χ4v) is 2.28. The zero-order valence-corrected chi connectivity index (χ0v) is 15.1. The average Bonchev–Trinajstić information content (AvgIpc) is 2.65. The molecule has 2 amide bonds. The predicted molar refractivity (Wildman–Crippen MR) is 102 cm³/mol. The summed E-state index contributed by atoms with van der Waals surface area (Å²) in [6.45, 7) is 1.86. The lowest BCUT2D eigenvalue weighted by molar-refractivity contribution is 0.258. The molecule has 1 heterocycles. The van der Waals surface area contributed by atoms with Crippen LogP contribution in [-0.4, -0.2) is 23.3 Å². The number of rotatable bonds is 4. The Labute approximate surface area is 156 Å². The van der Waals surface area contributed by atoms with Crippen LogP contribution in [0.4, 0.5) is 16.2 Å². The number of hydrogen-bond donors (Lipinski definition) is 1. The smallest absolute Gasteiger partial charge is 0.326 e. The molecule has 26 heavy (non-hydrogen) atoms. The van der Waals surface area contributed by atoms with Gasteiger partial charge in [-0.3, -0.25) is 4.90 Å². The number of carbonyl (C=O) groups is 1. The molecule has 0 saturated heterocycles. The molecule has 132 valence electrons.